The summed E-state index contributed by atoms with van der Waals surface area (Å²) in [6.45, 7) is 0. The fraction of sp³-hybridized carbons (Fsp3) is 0.308. The van der Waals surface area contributed by atoms with E-state index >= 15 is 0 Å². The summed E-state index contributed by atoms with van der Waals surface area (Å²) in [6, 6.07) is 0. The van der Waals surface area contributed by atoms with Gasteiger partial charge >= 0.3 is 0 Å². The van der Waals surface area contributed by atoms with Gasteiger partial charge in [-0.1, -0.05) is 24.3 Å². The molecule has 0 saturated heterocycles. The SMILES string of the molecule is [CH]1C=CC2=C1C=C1CCCC=C1C2. The minimum absolute atomic E-state index is 1.17. The van der Waals surface area contributed by atoms with Gasteiger partial charge in [0.2, 0.25) is 0 Å². The smallest absolute Gasteiger partial charge is 0.0128 e. The minimum atomic E-state index is 1.17. The minimum Gasteiger partial charge on any atom is -0.0807 e. The summed E-state index contributed by atoms with van der Waals surface area (Å²) in [6.07, 6.45) is 16.5. The van der Waals surface area contributed by atoms with Crippen molar-refractivity contribution >= 4 is 0 Å². The van der Waals surface area contributed by atoms with E-state index in [4.69, 9.17) is 0 Å². The van der Waals surface area contributed by atoms with Crippen molar-refractivity contribution in [3.8, 4) is 0 Å². The summed E-state index contributed by atoms with van der Waals surface area (Å²) in [5.74, 6) is 0. The lowest BCUT2D eigenvalue weighted by Crippen LogP contribution is -2.03. The molecule has 0 aromatic rings. The first-order chi connectivity index (χ1) is 6.43. The average molecular weight is 169 g/mol. The second kappa shape index (κ2) is 2.73. The lowest BCUT2D eigenvalue weighted by molar-refractivity contribution is 0.784. The van der Waals surface area contributed by atoms with Crippen molar-refractivity contribution in [3.05, 3.63) is 53.0 Å². The first kappa shape index (κ1) is 7.37. The van der Waals surface area contributed by atoms with Crippen LogP contribution in [0.2, 0.25) is 0 Å². The Morgan fingerprint density at radius 1 is 1.15 bits per heavy atom. The van der Waals surface area contributed by atoms with Gasteiger partial charge in [0.1, 0.15) is 0 Å². The van der Waals surface area contributed by atoms with Crippen molar-refractivity contribution in [2.75, 3.05) is 0 Å². The van der Waals surface area contributed by atoms with Crippen LogP contribution in [0, 0.1) is 6.42 Å². The number of allylic oxidation sites excluding steroid dienone is 8. The fourth-order valence-corrected chi connectivity index (χ4v) is 2.38. The van der Waals surface area contributed by atoms with Crippen LogP contribution in [0.25, 0.3) is 0 Å². The molecule has 0 atom stereocenters. The molecule has 0 heterocycles. The summed E-state index contributed by atoms with van der Waals surface area (Å²) in [5, 5.41) is 0. The molecule has 3 aliphatic rings. The van der Waals surface area contributed by atoms with Crippen molar-refractivity contribution < 1.29 is 0 Å². The van der Waals surface area contributed by atoms with E-state index in [0.29, 0.717) is 0 Å². The van der Waals surface area contributed by atoms with E-state index in [-0.39, 0.29) is 0 Å². The van der Waals surface area contributed by atoms with Gasteiger partial charge in [0.25, 0.3) is 0 Å². The van der Waals surface area contributed by atoms with E-state index in [1.54, 1.807) is 11.1 Å². The van der Waals surface area contributed by atoms with Gasteiger partial charge in [-0.2, -0.15) is 0 Å². The molecule has 0 heteroatoms. The molecule has 0 unspecified atom stereocenters. The summed E-state index contributed by atoms with van der Waals surface area (Å²) < 4.78 is 0. The summed E-state index contributed by atoms with van der Waals surface area (Å²) in [5.41, 5.74) is 6.14. The van der Waals surface area contributed by atoms with Gasteiger partial charge in [-0.25, -0.2) is 0 Å². The Morgan fingerprint density at radius 2 is 2.15 bits per heavy atom. The molecule has 0 aromatic carbocycles. The zero-order valence-electron chi connectivity index (χ0n) is 7.72. The summed E-state index contributed by atoms with van der Waals surface area (Å²) >= 11 is 0. The third-order valence-electron chi connectivity index (χ3n) is 3.11. The van der Waals surface area contributed by atoms with Crippen LogP contribution >= 0.6 is 0 Å². The molecule has 1 radical (unpaired) electrons. The summed E-state index contributed by atoms with van der Waals surface area (Å²) in [4.78, 5) is 0. The lowest BCUT2D eigenvalue weighted by atomic mass is 9.83. The first-order valence-electron chi connectivity index (χ1n) is 5.08. The molecule has 0 aromatic heterocycles. The molecule has 0 amide bonds. The van der Waals surface area contributed by atoms with E-state index in [9.17, 15) is 0 Å². The number of hydrogen-bond acceptors (Lipinski definition) is 0. The zero-order chi connectivity index (χ0) is 8.67. The molecule has 0 spiro atoms. The Labute approximate surface area is 79.3 Å². The monoisotopic (exact) mass is 169 g/mol. The Hall–Kier alpha value is -1.04. The number of rotatable bonds is 0. The third-order valence-corrected chi connectivity index (χ3v) is 3.11. The van der Waals surface area contributed by atoms with E-state index in [1.807, 2.05) is 0 Å². The average Bonchev–Trinajstić information content (AvgIpc) is 2.61. The van der Waals surface area contributed by atoms with Gasteiger partial charge in [0.05, 0.1) is 0 Å². The molecule has 13 heavy (non-hydrogen) atoms. The summed E-state index contributed by atoms with van der Waals surface area (Å²) in [7, 11) is 0. The molecule has 3 rings (SSSR count). The van der Waals surface area contributed by atoms with Gasteiger partial charge < -0.3 is 0 Å². The van der Waals surface area contributed by atoms with Crippen molar-refractivity contribution in [1.29, 1.82) is 0 Å². The quantitative estimate of drug-likeness (QED) is 0.520. The van der Waals surface area contributed by atoms with Crippen LogP contribution in [0.5, 0.6) is 0 Å². The highest BCUT2D eigenvalue weighted by atomic mass is 14.2. The maximum Gasteiger partial charge on any atom is 0.0128 e. The molecule has 0 N–H and O–H groups in total. The van der Waals surface area contributed by atoms with Crippen molar-refractivity contribution in [2.24, 2.45) is 0 Å². The highest BCUT2D eigenvalue weighted by Gasteiger charge is 2.19. The van der Waals surface area contributed by atoms with Crippen molar-refractivity contribution in [1.82, 2.24) is 0 Å². The Balaban J connectivity index is 2.04. The second-order valence-electron chi connectivity index (χ2n) is 3.97. The predicted molar refractivity (Wildman–Crippen MR) is 55.1 cm³/mol. The van der Waals surface area contributed by atoms with E-state index in [2.05, 4.69) is 30.7 Å². The van der Waals surface area contributed by atoms with E-state index in [1.165, 1.54) is 36.8 Å². The van der Waals surface area contributed by atoms with E-state index in [0.717, 1.165) is 0 Å². The highest BCUT2D eigenvalue weighted by molar-refractivity contribution is 5.58. The van der Waals surface area contributed by atoms with Gasteiger partial charge in [-0.05, 0) is 48.0 Å². The molecule has 65 valence electrons. The molecule has 0 nitrogen and oxygen atoms in total. The Bertz CT molecular complexity index is 361. The Morgan fingerprint density at radius 3 is 3.15 bits per heavy atom. The zero-order valence-corrected chi connectivity index (χ0v) is 7.72. The van der Waals surface area contributed by atoms with Crippen LogP contribution < -0.4 is 0 Å². The van der Waals surface area contributed by atoms with Gasteiger partial charge in [-0.15, -0.1) is 0 Å². The largest absolute Gasteiger partial charge is 0.0807 e. The predicted octanol–water partition coefficient (Wildman–Crippen LogP) is 3.50. The molecule has 0 bridgehead atoms. The van der Waals surface area contributed by atoms with Crippen LogP contribution in [-0.2, 0) is 0 Å². The molecular weight excluding hydrogens is 156 g/mol. The molecule has 0 fully saturated rings. The topological polar surface area (TPSA) is 0 Å². The first-order valence-corrected chi connectivity index (χ1v) is 5.08. The van der Waals surface area contributed by atoms with E-state index < -0.39 is 0 Å². The number of hydrogen-bond donors (Lipinski definition) is 0. The van der Waals surface area contributed by atoms with Crippen LogP contribution in [0.15, 0.2) is 46.6 Å². The second-order valence-corrected chi connectivity index (χ2v) is 3.97. The van der Waals surface area contributed by atoms with Crippen molar-refractivity contribution in [2.45, 2.75) is 25.7 Å². The van der Waals surface area contributed by atoms with Crippen LogP contribution in [0.1, 0.15) is 25.7 Å². The molecular formula is C13H13. The highest BCUT2D eigenvalue weighted by Crippen LogP contribution is 2.38. The molecule has 3 aliphatic carbocycles. The van der Waals surface area contributed by atoms with Crippen LogP contribution in [-0.4, -0.2) is 0 Å². The fourth-order valence-electron chi connectivity index (χ4n) is 2.38. The third kappa shape index (κ3) is 1.13. The standard InChI is InChI=1S/C13H13/c1-2-5-11-9-13-7-3-6-12(13)8-10(11)4-1/h3-4,6-7,9H,1-2,5,8H2. The normalized spacial score (nSPS) is 25.2. The van der Waals surface area contributed by atoms with Crippen LogP contribution in [0.4, 0.5) is 0 Å². The molecule has 0 saturated carbocycles. The van der Waals surface area contributed by atoms with Crippen molar-refractivity contribution in [3.63, 3.8) is 0 Å². The van der Waals surface area contributed by atoms with Gasteiger partial charge in [0.15, 0.2) is 0 Å². The Kier molecular flexibility index (Phi) is 1.55. The molecule has 0 aliphatic heterocycles. The van der Waals surface area contributed by atoms with Gasteiger partial charge in [-0.3, -0.25) is 0 Å². The van der Waals surface area contributed by atoms with Gasteiger partial charge in [0, 0.05) is 6.42 Å². The maximum atomic E-state index is 2.42. The number of fused-ring (bicyclic) bond motifs is 1. The lowest BCUT2D eigenvalue weighted by Gasteiger charge is -2.22. The maximum absolute atomic E-state index is 2.42. The van der Waals surface area contributed by atoms with Crippen LogP contribution in [0.3, 0.4) is 0 Å².